The molecule has 3 rings (SSSR count). The van der Waals surface area contributed by atoms with E-state index in [1.54, 1.807) is 11.3 Å². The summed E-state index contributed by atoms with van der Waals surface area (Å²) in [6.07, 6.45) is 3.05. The molecule has 6 nitrogen and oxygen atoms in total. The van der Waals surface area contributed by atoms with Gasteiger partial charge in [-0.15, -0.1) is 35.3 Å². The van der Waals surface area contributed by atoms with Crippen LogP contribution in [0.1, 0.15) is 56.9 Å². The smallest absolute Gasteiger partial charge is 0.191 e. The van der Waals surface area contributed by atoms with Gasteiger partial charge in [0.1, 0.15) is 5.82 Å². The Bertz CT molecular complexity index is 837. The van der Waals surface area contributed by atoms with Crippen molar-refractivity contribution in [1.29, 1.82) is 0 Å². The van der Waals surface area contributed by atoms with E-state index < -0.39 is 0 Å². The van der Waals surface area contributed by atoms with Crippen LogP contribution in [0.2, 0.25) is 0 Å². The molecule has 0 radical (unpaired) electrons. The summed E-state index contributed by atoms with van der Waals surface area (Å²) in [5.41, 5.74) is 2.35. The van der Waals surface area contributed by atoms with Crippen LogP contribution in [0.25, 0.3) is 0 Å². The fourth-order valence-corrected chi connectivity index (χ4v) is 4.52. The van der Waals surface area contributed by atoms with Gasteiger partial charge in [0.25, 0.3) is 0 Å². The minimum absolute atomic E-state index is 0. The van der Waals surface area contributed by atoms with E-state index in [9.17, 15) is 0 Å². The van der Waals surface area contributed by atoms with E-state index in [1.165, 1.54) is 10.7 Å². The van der Waals surface area contributed by atoms with Gasteiger partial charge in [-0.3, -0.25) is 4.99 Å². The Morgan fingerprint density at radius 2 is 1.97 bits per heavy atom. The second-order valence-electron chi connectivity index (χ2n) is 8.93. The first-order valence-electron chi connectivity index (χ1n) is 11.0. The molecule has 3 heterocycles. The number of guanidine groups is 1. The Morgan fingerprint density at radius 3 is 2.58 bits per heavy atom. The zero-order valence-corrected chi connectivity index (χ0v) is 22.6. The van der Waals surface area contributed by atoms with Crippen molar-refractivity contribution >= 4 is 47.1 Å². The number of aliphatic imine (C=N–C) groups is 1. The number of nitrogens with one attached hydrogen (secondary N) is 2. The van der Waals surface area contributed by atoms with Crippen molar-refractivity contribution < 1.29 is 0 Å². The van der Waals surface area contributed by atoms with Crippen LogP contribution in [0.3, 0.4) is 0 Å². The number of aromatic nitrogens is 2. The zero-order chi connectivity index (χ0) is 21.6. The van der Waals surface area contributed by atoms with Gasteiger partial charge in [0.05, 0.1) is 10.7 Å². The quantitative estimate of drug-likeness (QED) is 0.311. The van der Waals surface area contributed by atoms with Gasteiger partial charge in [0.15, 0.2) is 5.96 Å². The molecule has 0 unspecified atom stereocenters. The van der Waals surface area contributed by atoms with E-state index in [0.29, 0.717) is 6.04 Å². The average molecular weight is 557 g/mol. The number of nitrogens with zero attached hydrogens (tertiary/aromatic N) is 4. The minimum Gasteiger partial charge on any atom is -0.357 e. The third kappa shape index (κ3) is 7.89. The van der Waals surface area contributed by atoms with Crippen molar-refractivity contribution in [3.8, 4) is 0 Å². The molecule has 1 fully saturated rings. The molecule has 172 valence electrons. The van der Waals surface area contributed by atoms with E-state index in [1.807, 2.05) is 13.0 Å². The minimum atomic E-state index is 0. The number of rotatable bonds is 6. The van der Waals surface area contributed by atoms with Crippen LogP contribution in [-0.2, 0) is 11.8 Å². The number of thiazole rings is 1. The maximum Gasteiger partial charge on any atom is 0.191 e. The second kappa shape index (κ2) is 12.0. The van der Waals surface area contributed by atoms with Crippen molar-refractivity contribution in [2.45, 2.75) is 65.3 Å². The summed E-state index contributed by atoms with van der Waals surface area (Å²) in [5.74, 6) is 2.00. The van der Waals surface area contributed by atoms with E-state index >= 15 is 0 Å². The standard InChI is InChI=1S/C23H36N6S.HI/c1-6-24-22(25-13-10-21-28-19(16-30-21)23(3,4)5)27-18-11-14-29(15-12-18)20-9-7-8-17(2)26-20;/h7-9,16,18H,6,10-15H2,1-5H3,(H2,24,25,27);1H. The molecule has 0 bridgehead atoms. The third-order valence-corrected chi connectivity index (χ3v) is 6.20. The highest BCUT2D eigenvalue weighted by Gasteiger charge is 2.21. The molecule has 0 atom stereocenters. The van der Waals surface area contributed by atoms with Gasteiger partial charge >= 0.3 is 0 Å². The molecule has 0 aromatic carbocycles. The summed E-state index contributed by atoms with van der Waals surface area (Å²) in [6, 6.07) is 6.68. The van der Waals surface area contributed by atoms with Gasteiger partial charge in [-0.05, 0) is 38.8 Å². The Kier molecular flexibility index (Phi) is 9.99. The lowest BCUT2D eigenvalue weighted by atomic mass is 9.93. The van der Waals surface area contributed by atoms with Crippen molar-refractivity contribution in [3.63, 3.8) is 0 Å². The molecule has 1 saturated heterocycles. The number of halogens is 1. The van der Waals surface area contributed by atoms with Crippen LogP contribution in [0, 0.1) is 6.92 Å². The lowest BCUT2D eigenvalue weighted by Gasteiger charge is -2.34. The Balaban J connectivity index is 0.00000341. The fourth-order valence-electron chi connectivity index (χ4n) is 3.50. The number of piperidine rings is 1. The number of anilines is 1. The molecule has 2 N–H and O–H groups in total. The lowest BCUT2D eigenvalue weighted by molar-refractivity contribution is 0.459. The number of aryl methyl sites for hydroxylation is 1. The summed E-state index contributed by atoms with van der Waals surface area (Å²) in [6.45, 7) is 14.4. The predicted octanol–water partition coefficient (Wildman–Crippen LogP) is 4.53. The van der Waals surface area contributed by atoms with Gasteiger partial charge in [-0.25, -0.2) is 9.97 Å². The van der Waals surface area contributed by atoms with Crippen molar-refractivity contribution in [1.82, 2.24) is 20.6 Å². The molecule has 1 aliphatic rings. The van der Waals surface area contributed by atoms with Gasteiger partial charge in [0, 0.05) is 55.1 Å². The van der Waals surface area contributed by atoms with Gasteiger partial charge in [-0.1, -0.05) is 26.8 Å². The number of pyridine rings is 1. The molecule has 31 heavy (non-hydrogen) atoms. The van der Waals surface area contributed by atoms with Crippen LogP contribution in [0.15, 0.2) is 28.6 Å². The molecule has 0 aliphatic carbocycles. The van der Waals surface area contributed by atoms with Crippen LogP contribution < -0.4 is 15.5 Å². The average Bonchev–Trinajstić information content (AvgIpc) is 3.18. The molecular weight excluding hydrogens is 519 g/mol. The topological polar surface area (TPSA) is 65.4 Å². The Morgan fingerprint density at radius 1 is 1.23 bits per heavy atom. The molecule has 1 aliphatic heterocycles. The van der Waals surface area contributed by atoms with Gasteiger partial charge < -0.3 is 15.5 Å². The maximum absolute atomic E-state index is 4.80. The molecule has 0 amide bonds. The second-order valence-corrected chi connectivity index (χ2v) is 9.87. The van der Waals surface area contributed by atoms with Crippen molar-refractivity contribution in [3.05, 3.63) is 40.0 Å². The van der Waals surface area contributed by atoms with E-state index in [-0.39, 0.29) is 29.4 Å². The van der Waals surface area contributed by atoms with Crippen LogP contribution in [0.4, 0.5) is 5.82 Å². The summed E-state index contributed by atoms with van der Waals surface area (Å²) < 4.78 is 0. The van der Waals surface area contributed by atoms with Crippen molar-refractivity contribution in [2.24, 2.45) is 4.99 Å². The summed E-state index contributed by atoms with van der Waals surface area (Å²) in [4.78, 5) is 16.6. The first-order chi connectivity index (χ1) is 14.3. The first-order valence-corrected chi connectivity index (χ1v) is 11.9. The highest BCUT2D eigenvalue weighted by molar-refractivity contribution is 14.0. The van der Waals surface area contributed by atoms with Crippen LogP contribution in [-0.4, -0.2) is 48.1 Å². The Labute approximate surface area is 208 Å². The van der Waals surface area contributed by atoms with Gasteiger partial charge in [0.2, 0.25) is 0 Å². The lowest BCUT2D eigenvalue weighted by Crippen LogP contribution is -2.49. The van der Waals surface area contributed by atoms with Crippen LogP contribution >= 0.6 is 35.3 Å². The summed E-state index contributed by atoms with van der Waals surface area (Å²) in [7, 11) is 0. The maximum atomic E-state index is 4.80. The molecule has 2 aromatic heterocycles. The van der Waals surface area contributed by atoms with Gasteiger partial charge in [-0.2, -0.15) is 0 Å². The molecule has 8 heteroatoms. The zero-order valence-electron chi connectivity index (χ0n) is 19.4. The number of hydrogen-bond donors (Lipinski definition) is 2. The molecule has 0 saturated carbocycles. The molecule has 0 spiro atoms. The fraction of sp³-hybridized carbons (Fsp3) is 0.609. The van der Waals surface area contributed by atoms with Crippen LogP contribution in [0.5, 0.6) is 0 Å². The van der Waals surface area contributed by atoms with E-state index in [2.05, 4.69) is 65.7 Å². The molecule has 2 aromatic rings. The monoisotopic (exact) mass is 556 g/mol. The van der Waals surface area contributed by atoms with E-state index in [0.717, 1.165) is 62.9 Å². The normalized spacial score (nSPS) is 15.5. The first kappa shape index (κ1) is 25.8. The SMILES string of the molecule is CCNC(=NCCc1nc(C(C)(C)C)cs1)NC1CCN(c2cccc(C)n2)CC1.I. The predicted molar refractivity (Wildman–Crippen MR) is 143 cm³/mol. The summed E-state index contributed by atoms with van der Waals surface area (Å²) in [5, 5.41) is 10.4. The molecular formula is C23H37IN6S. The largest absolute Gasteiger partial charge is 0.357 e. The highest BCUT2D eigenvalue weighted by Crippen LogP contribution is 2.24. The van der Waals surface area contributed by atoms with E-state index in [4.69, 9.17) is 9.98 Å². The highest BCUT2D eigenvalue weighted by atomic mass is 127. The summed E-state index contributed by atoms with van der Waals surface area (Å²) >= 11 is 1.74. The van der Waals surface area contributed by atoms with Crippen molar-refractivity contribution in [2.75, 3.05) is 31.1 Å². The Hall–Kier alpha value is -1.42. The number of hydrogen-bond acceptors (Lipinski definition) is 5. The third-order valence-electron chi connectivity index (χ3n) is 5.29.